The first kappa shape index (κ1) is 14.3. The number of aliphatic hydroxyl groups is 2. The molecule has 1 aliphatic carbocycles. The van der Waals surface area contributed by atoms with Crippen LogP contribution in [-0.4, -0.2) is 16.3 Å². The zero-order valence-electron chi connectivity index (χ0n) is 12.2. The average Bonchev–Trinajstić information content (AvgIpc) is 2.56. The molecule has 1 aliphatic rings. The first-order chi connectivity index (χ1) is 10.2. The van der Waals surface area contributed by atoms with Gasteiger partial charge in [-0.2, -0.15) is 0 Å². The van der Waals surface area contributed by atoms with Gasteiger partial charge in [0, 0.05) is 5.92 Å². The molecule has 0 unspecified atom stereocenters. The van der Waals surface area contributed by atoms with Gasteiger partial charge in [0.25, 0.3) is 0 Å². The molecule has 2 atom stereocenters. The molecule has 21 heavy (non-hydrogen) atoms. The third kappa shape index (κ3) is 2.61. The second-order valence-electron chi connectivity index (χ2n) is 5.96. The Hall–Kier alpha value is -1.64. The minimum absolute atomic E-state index is 0.156. The van der Waals surface area contributed by atoms with Crippen LogP contribution in [-0.2, 0) is 5.60 Å². The van der Waals surface area contributed by atoms with E-state index in [1.807, 2.05) is 60.7 Å². The molecule has 0 amide bonds. The van der Waals surface area contributed by atoms with Gasteiger partial charge in [-0.05, 0) is 24.0 Å². The van der Waals surface area contributed by atoms with Gasteiger partial charge in [0.05, 0.1) is 6.10 Å². The molecule has 2 N–H and O–H groups in total. The molecule has 0 aliphatic heterocycles. The van der Waals surface area contributed by atoms with Crippen molar-refractivity contribution in [3.63, 3.8) is 0 Å². The van der Waals surface area contributed by atoms with E-state index in [4.69, 9.17) is 0 Å². The second-order valence-corrected chi connectivity index (χ2v) is 5.96. The Kier molecular flexibility index (Phi) is 4.09. The summed E-state index contributed by atoms with van der Waals surface area (Å²) in [5.74, 6) is -0.156. The molecule has 2 heteroatoms. The number of aliphatic hydroxyl groups excluding tert-OH is 1. The molecule has 0 heterocycles. The van der Waals surface area contributed by atoms with Crippen molar-refractivity contribution in [3.8, 4) is 0 Å². The number of benzene rings is 2. The highest BCUT2D eigenvalue weighted by Crippen LogP contribution is 2.43. The molecule has 2 aromatic rings. The predicted molar refractivity (Wildman–Crippen MR) is 83.8 cm³/mol. The van der Waals surface area contributed by atoms with Crippen LogP contribution >= 0.6 is 0 Å². The molecule has 0 bridgehead atoms. The van der Waals surface area contributed by atoms with E-state index in [0.717, 1.165) is 36.8 Å². The largest absolute Gasteiger partial charge is 0.393 e. The van der Waals surface area contributed by atoms with E-state index in [2.05, 4.69) is 0 Å². The van der Waals surface area contributed by atoms with Gasteiger partial charge in [0.1, 0.15) is 5.60 Å². The van der Waals surface area contributed by atoms with E-state index >= 15 is 0 Å². The lowest BCUT2D eigenvalue weighted by molar-refractivity contribution is -0.0667. The zero-order chi connectivity index (χ0) is 14.7. The number of rotatable bonds is 3. The summed E-state index contributed by atoms with van der Waals surface area (Å²) >= 11 is 0. The summed E-state index contributed by atoms with van der Waals surface area (Å²) in [6.07, 6.45) is 3.26. The first-order valence-corrected chi connectivity index (χ1v) is 7.74. The van der Waals surface area contributed by atoms with Crippen LogP contribution in [0.3, 0.4) is 0 Å². The highest BCUT2D eigenvalue weighted by molar-refractivity contribution is 5.37. The van der Waals surface area contributed by atoms with Crippen LogP contribution in [0.15, 0.2) is 60.7 Å². The standard InChI is InChI=1S/C19H22O2/c20-18-14-8-7-13-17(18)19(21,15-9-3-1-4-10-15)16-11-5-2-6-12-16/h1-6,9-12,17-18,20-21H,7-8,13-14H2/t17-,18-/m1/s1. The molecule has 0 radical (unpaired) electrons. The lowest BCUT2D eigenvalue weighted by Gasteiger charge is -2.42. The third-order valence-corrected chi connectivity index (χ3v) is 4.69. The van der Waals surface area contributed by atoms with Gasteiger partial charge in [-0.15, -0.1) is 0 Å². The Balaban J connectivity index is 2.11. The van der Waals surface area contributed by atoms with E-state index in [-0.39, 0.29) is 5.92 Å². The smallest absolute Gasteiger partial charge is 0.120 e. The van der Waals surface area contributed by atoms with E-state index in [1.54, 1.807) is 0 Å². The molecule has 1 fully saturated rings. The van der Waals surface area contributed by atoms with Gasteiger partial charge in [-0.3, -0.25) is 0 Å². The van der Waals surface area contributed by atoms with Crippen LogP contribution in [0.4, 0.5) is 0 Å². The molecule has 0 aromatic heterocycles. The van der Waals surface area contributed by atoms with Crippen molar-refractivity contribution in [2.75, 3.05) is 0 Å². The van der Waals surface area contributed by atoms with Crippen LogP contribution < -0.4 is 0 Å². The summed E-state index contributed by atoms with van der Waals surface area (Å²) in [4.78, 5) is 0. The van der Waals surface area contributed by atoms with E-state index < -0.39 is 11.7 Å². The molecule has 0 spiro atoms. The summed E-state index contributed by atoms with van der Waals surface area (Å²) in [7, 11) is 0. The first-order valence-electron chi connectivity index (χ1n) is 7.74. The Labute approximate surface area is 126 Å². The lowest BCUT2D eigenvalue weighted by Crippen LogP contribution is -2.44. The molecule has 3 rings (SSSR count). The number of hydrogen-bond donors (Lipinski definition) is 2. The van der Waals surface area contributed by atoms with Crippen LogP contribution in [0.5, 0.6) is 0 Å². The summed E-state index contributed by atoms with van der Waals surface area (Å²) in [5.41, 5.74) is 0.604. The van der Waals surface area contributed by atoms with Gasteiger partial charge in [0.2, 0.25) is 0 Å². The number of hydrogen-bond acceptors (Lipinski definition) is 2. The van der Waals surface area contributed by atoms with Crippen LogP contribution in [0.2, 0.25) is 0 Å². The van der Waals surface area contributed by atoms with Crippen molar-refractivity contribution in [3.05, 3.63) is 71.8 Å². The van der Waals surface area contributed by atoms with E-state index in [1.165, 1.54) is 0 Å². The van der Waals surface area contributed by atoms with Gasteiger partial charge >= 0.3 is 0 Å². The van der Waals surface area contributed by atoms with Crippen molar-refractivity contribution in [2.45, 2.75) is 37.4 Å². The maximum Gasteiger partial charge on any atom is 0.120 e. The molecule has 2 aromatic carbocycles. The van der Waals surface area contributed by atoms with Gasteiger partial charge in [-0.1, -0.05) is 73.5 Å². The summed E-state index contributed by atoms with van der Waals surface area (Å²) in [6.45, 7) is 0. The van der Waals surface area contributed by atoms with Crippen molar-refractivity contribution in [1.29, 1.82) is 0 Å². The molecule has 110 valence electrons. The normalized spacial score (nSPS) is 23.0. The van der Waals surface area contributed by atoms with Crippen LogP contribution in [0, 0.1) is 5.92 Å². The van der Waals surface area contributed by atoms with Gasteiger partial charge in [0.15, 0.2) is 0 Å². The van der Waals surface area contributed by atoms with E-state index in [0.29, 0.717) is 0 Å². The maximum absolute atomic E-state index is 11.6. The zero-order valence-corrected chi connectivity index (χ0v) is 12.2. The van der Waals surface area contributed by atoms with Crippen molar-refractivity contribution in [2.24, 2.45) is 5.92 Å². The maximum atomic E-state index is 11.6. The molecule has 0 saturated heterocycles. The highest BCUT2D eigenvalue weighted by atomic mass is 16.3. The van der Waals surface area contributed by atoms with E-state index in [9.17, 15) is 10.2 Å². The Morgan fingerprint density at radius 3 is 1.71 bits per heavy atom. The monoisotopic (exact) mass is 282 g/mol. The minimum Gasteiger partial charge on any atom is -0.393 e. The predicted octanol–water partition coefficient (Wildman–Crippen LogP) is 3.47. The fraction of sp³-hybridized carbons (Fsp3) is 0.368. The topological polar surface area (TPSA) is 40.5 Å². The fourth-order valence-corrected chi connectivity index (χ4v) is 3.58. The van der Waals surface area contributed by atoms with Gasteiger partial charge < -0.3 is 10.2 Å². The second kappa shape index (κ2) is 6.00. The molecular formula is C19H22O2. The van der Waals surface area contributed by atoms with Gasteiger partial charge in [-0.25, -0.2) is 0 Å². The average molecular weight is 282 g/mol. The lowest BCUT2D eigenvalue weighted by atomic mass is 9.68. The SMILES string of the molecule is O[C@@H]1CCCC[C@H]1C(O)(c1ccccc1)c1ccccc1. The Morgan fingerprint density at radius 2 is 1.24 bits per heavy atom. The van der Waals surface area contributed by atoms with Crippen molar-refractivity contribution < 1.29 is 10.2 Å². The minimum atomic E-state index is -1.12. The van der Waals surface area contributed by atoms with Crippen LogP contribution in [0.1, 0.15) is 36.8 Å². The van der Waals surface area contributed by atoms with Crippen LogP contribution in [0.25, 0.3) is 0 Å². The molecule has 1 saturated carbocycles. The highest BCUT2D eigenvalue weighted by Gasteiger charge is 2.44. The Morgan fingerprint density at radius 1 is 0.762 bits per heavy atom. The van der Waals surface area contributed by atoms with Crippen molar-refractivity contribution in [1.82, 2.24) is 0 Å². The third-order valence-electron chi connectivity index (χ3n) is 4.69. The molecule has 2 nitrogen and oxygen atoms in total. The van der Waals surface area contributed by atoms with Crippen molar-refractivity contribution >= 4 is 0 Å². The molecular weight excluding hydrogens is 260 g/mol. The summed E-state index contributed by atoms with van der Waals surface area (Å²) in [5, 5.41) is 22.1. The summed E-state index contributed by atoms with van der Waals surface area (Å²) in [6, 6.07) is 19.5. The fourth-order valence-electron chi connectivity index (χ4n) is 3.58. The summed E-state index contributed by atoms with van der Waals surface area (Å²) < 4.78 is 0. The quantitative estimate of drug-likeness (QED) is 0.905. The Bertz CT molecular complexity index is 525.